The first kappa shape index (κ1) is 16.7. The Labute approximate surface area is 151 Å². The first-order valence-corrected chi connectivity index (χ1v) is 8.83. The number of benzene rings is 1. The molecule has 0 radical (unpaired) electrons. The third-order valence-electron chi connectivity index (χ3n) is 4.93. The monoisotopic (exact) mass is 352 g/mol. The third-order valence-corrected chi connectivity index (χ3v) is 4.93. The minimum absolute atomic E-state index is 0.468. The van der Waals surface area contributed by atoms with Crippen LogP contribution < -0.4 is 5.73 Å². The molecular formula is C20H21FN4O. The van der Waals surface area contributed by atoms with Crippen LogP contribution in [-0.2, 0) is 6.54 Å². The number of hydrogen-bond acceptors (Lipinski definition) is 3. The molecule has 2 aromatic heterocycles. The van der Waals surface area contributed by atoms with Gasteiger partial charge in [-0.1, -0.05) is 18.2 Å². The summed E-state index contributed by atoms with van der Waals surface area (Å²) >= 11 is 0. The number of carbonyl (C=O) groups excluding carboxylic acids is 1. The smallest absolute Gasteiger partial charge is 0.250 e. The number of pyridine rings is 1. The van der Waals surface area contributed by atoms with E-state index in [1.165, 1.54) is 0 Å². The number of aromatic nitrogens is 2. The normalized spacial score (nSPS) is 18.3. The quantitative estimate of drug-likeness (QED) is 0.757. The van der Waals surface area contributed by atoms with Crippen LogP contribution in [-0.4, -0.2) is 40.0 Å². The number of primary amides is 1. The molecular weight excluding hydrogens is 331 g/mol. The van der Waals surface area contributed by atoms with Crippen LogP contribution in [0.5, 0.6) is 0 Å². The van der Waals surface area contributed by atoms with Crippen LogP contribution in [0.4, 0.5) is 4.39 Å². The molecule has 4 rings (SSSR count). The molecule has 1 amide bonds. The molecule has 134 valence electrons. The van der Waals surface area contributed by atoms with Gasteiger partial charge in [-0.15, -0.1) is 0 Å². The van der Waals surface area contributed by atoms with Crippen molar-refractivity contribution >= 4 is 16.9 Å². The minimum atomic E-state index is -0.742. The fraction of sp³-hybridized carbons (Fsp3) is 0.300. The summed E-state index contributed by atoms with van der Waals surface area (Å²) in [6.45, 7) is 2.08. The number of hydrogen-bond donors (Lipinski definition) is 2. The van der Waals surface area contributed by atoms with Crippen molar-refractivity contribution in [1.82, 2.24) is 14.9 Å². The van der Waals surface area contributed by atoms with E-state index < -0.39 is 12.1 Å². The second-order valence-electron chi connectivity index (χ2n) is 6.83. The summed E-state index contributed by atoms with van der Waals surface area (Å²) in [5.41, 5.74) is 9.45. The van der Waals surface area contributed by atoms with Gasteiger partial charge in [0.15, 0.2) is 0 Å². The van der Waals surface area contributed by atoms with Crippen molar-refractivity contribution < 1.29 is 9.18 Å². The minimum Gasteiger partial charge on any atom is -0.366 e. The predicted molar refractivity (Wildman–Crippen MR) is 99.5 cm³/mol. The Balaban J connectivity index is 1.69. The van der Waals surface area contributed by atoms with Gasteiger partial charge in [-0.25, -0.2) is 9.37 Å². The fourth-order valence-electron chi connectivity index (χ4n) is 3.73. The van der Waals surface area contributed by atoms with Gasteiger partial charge < -0.3 is 10.7 Å². The molecule has 1 aliphatic heterocycles. The largest absolute Gasteiger partial charge is 0.366 e. The molecule has 3 heterocycles. The first-order chi connectivity index (χ1) is 12.6. The van der Waals surface area contributed by atoms with Crippen molar-refractivity contribution in [3.05, 3.63) is 53.9 Å². The lowest BCUT2D eigenvalue weighted by atomic mass is 9.97. The summed E-state index contributed by atoms with van der Waals surface area (Å²) in [5.74, 6) is -0.478. The Morgan fingerprint density at radius 2 is 2.27 bits per heavy atom. The topological polar surface area (TPSA) is 75.0 Å². The molecule has 5 nitrogen and oxygen atoms in total. The molecule has 1 atom stereocenters. The van der Waals surface area contributed by atoms with Gasteiger partial charge in [0, 0.05) is 36.4 Å². The number of fused-ring (bicyclic) bond motifs is 1. The number of piperidine rings is 1. The molecule has 1 unspecified atom stereocenters. The Morgan fingerprint density at radius 3 is 3.08 bits per heavy atom. The average molecular weight is 352 g/mol. The standard InChI is InChI=1S/C20H21FN4O/c21-15-5-2-8-25(12-15)11-13-3-1-4-14(9-13)17-10-24-20-16(6-7-23-20)18(17)19(22)26/h1,3-4,6-7,9-10,15H,2,5,8,11-12H2,(H2,22,26)(H,23,24). The molecule has 0 aliphatic carbocycles. The van der Waals surface area contributed by atoms with Crippen LogP contribution >= 0.6 is 0 Å². The summed E-state index contributed by atoms with van der Waals surface area (Å²) in [4.78, 5) is 21.6. The highest BCUT2D eigenvalue weighted by Gasteiger charge is 2.20. The number of nitrogens with two attached hydrogens (primary N) is 1. The predicted octanol–water partition coefficient (Wildman–Crippen LogP) is 3.26. The number of likely N-dealkylation sites (tertiary alicyclic amines) is 1. The molecule has 1 saturated heterocycles. The zero-order chi connectivity index (χ0) is 18.1. The molecule has 0 spiro atoms. The summed E-state index contributed by atoms with van der Waals surface area (Å²) in [6, 6.07) is 9.76. The Kier molecular flexibility index (Phi) is 4.42. The Bertz CT molecular complexity index is 952. The third kappa shape index (κ3) is 3.20. The summed E-state index contributed by atoms with van der Waals surface area (Å²) in [5, 5.41) is 0.719. The lowest BCUT2D eigenvalue weighted by Gasteiger charge is -2.29. The van der Waals surface area contributed by atoms with Gasteiger partial charge in [0.1, 0.15) is 11.8 Å². The summed E-state index contributed by atoms with van der Waals surface area (Å²) in [7, 11) is 0. The molecule has 3 N–H and O–H groups in total. The number of nitrogens with zero attached hydrogens (tertiary/aromatic N) is 2. The van der Waals surface area contributed by atoms with Crippen molar-refractivity contribution in [3.8, 4) is 11.1 Å². The fourth-order valence-corrected chi connectivity index (χ4v) is 3.73. The van der Waals surface area contributed by atoms with Gasteiger partial charge in [0.05, 0.1) is 5.56 Å². The summed E-state index contributed by atoms with van der Waals surface area (Å²) < 4.78 is 13.6. The van der Waals surface area contributed by atoms with Gasteiger partial charge in [-0.05, 0) is 42.6 Å². The van der Waals surface area contributed by atoms with Crippen LogP contribution in [0, 0.1) is 0 Å². The lowest BCUT2D eigenvalue weighted by Crippen LogP contribution is -2.35. The van der Waals surface area contributed by atoms with Crippen molar-refractivity contribution in [3.63, 3.8) is 0 Å². The van der Waals surface area contributed by atoms with Gasteiger partial charge in [0.25, 0.3) is 0 Å². The van der Waals surface area contributed by atoms with E-state index in [1.54, 1.807) is 12.4 Å². The average Bonchev–Trinajstić information content (AvgIpc) is 3.09. The number of carbonyl (C=O) groups is 1. The lowest BCUT2D eigenvalue weighted by molar-refractivity contribution is 0.100. The number of rotatable bonds is 4. The second-order valence-corrected chi connectivity index (χ2v) is 6.83. The van der Waals surface area contributed by atoms with Crippen LogP contribution in [0.2, 0.25) is 0 Å². The molecule has 1 aliphatic rings. The van der Waals surface area contributed by atoms with Gasteiger partial charge >= 0.3 is 0 Å². The Morgan fingerprint density at radius 1 is 1.38 bits per heavy atom. The number of halogens is 1. The zero-order valence-electron chi connectivity index (χ0n) is 14.4. The zero-order valence-corrected chi connectivity index (χ0v) is 14.4. The molecule has 26 heavy (non-hydrogen) atoms. The SMILES string of the molecule is NC(=O)c1c(-c2cccc(CN3CCCC(F)C3)c2)cnc2[nH]ccc12. The first-order valence-electron chi connectivity index (χ1n) is 8.83. The van der Waals surface area contributed by atoms with E-state index in [4.69, 9.17) is 5.73 Å². The molecule has 3 aromatic rings. The van der Waals surface area contributed by atoms with Crippen LogP contribution in [0.25, 0.3) is 22.2 Å². The highest BCUT2D eigenvalue weighted by atomic mass is 19.1. The molecule has 0 bridgehead atoms. The van der Waals surface area contributed by atoms with Crippen molar-refractivity contribution in [1.29, 1.82) is 0 Å². The van der Waals surface area contributed by atoms with E-state index in [-0.39, 0.29) is 0 Å². The number of aromatic amines is 1. The van der Waals surface area contributed by atoms with Crippen molar-refractivity contribution in [2.75, 3.05) is 13.1 Å². The number of alkyl halides is 1. The van der Waals surface area contributed by atoms with E-state index in [0.717, 1.165) is 29.5 Å². The summed E-state index contributed by atoms with van der Waals surface area (Å²) in [6.07, 6.45) is 4.22. The van der Waals surface area contributed by atoms with E-state index in [0.29, 0.717) is 36.3 Å². The molecule has 1 fully saturated rings. The van der Waals surface area contributed by atoms with Gasteiger partial charge in [0.2, 0.25) is 5.91 Å². The van der Waals surface area contributed by atoms with Gasteiger partial charge in [-0.3, -0.25) is 9.69 Å². The van der Waals surface area contributed by atoms with E-state index in [2.05, 4.69) is 14.9 Å². The number of nitrogens with one attached hydrogen (secondary N) is 1. The maximum Gasteiger partial charge on any atom is 0.250 e. The number of H-pyrrole nitrogens is 1. The molecule has 6 heteroatoms. The van der Waals surface area contributed by atoms with Crippen molar-refractivity contribution in [2.24, 2.45) is 5.73 Å². The number of amides is 1. The van der Waals surface area contributed by atoms with Crippen LogP contribution in [0.15, 0.2) is 42.7 Å². The maximum atomic E-state index is 13.6. The van der Waals surface area contributed by atoms with E-state index in [1.807, 2.05) is 30.3 Å². The van der Waals surface area contributed by atoms with Crippen LogP contribution in [0.1, 0.15) is 28.8 Å². The van der Waals surface area contributed by atoms with E-state index in [9.17, 15) is 9.18 Å². The Hall–Kier alpha value is -2.73. The maximum absolute atomic E-state index is 13.6. The van der Waals surface area contributed by atoms with Crippen molar-refractivity contribution in [2.45, 2.75) is 25.6 Å². The molecule has 0 saturated carbocycles. The highest BCUT2D eigenvalue weighted by molar-refractivity contribution is 6.10. The van der Waals surface area contributed by atoms with E-state index >= 15 is 0 Å². The molecule has 1 aromatic carbocycles. The highest BCUT2D eigenvalue weighted by Crippen LogP contribution is 2.29. The second kappa shape index (κ2) is 6.88. The van der Waals surface area contributed by atoms with Crippen LogP contribution in [0.3, 0.4) is 0 Å². The van der Waals surface area contributed by atoms with Gasteiger partial charge in [-0.2, -0.15) is 0 Å².